The first-order valence-electron chi connectivity index (χ1n) is 10.4. The van der Waals surface area contributed by atoms with Gasteiger partial charge in [0.2, 0.25) is 0 Å². The quantitative estimate of drug-likeness (QED) is 0.587. The van der Waals surface area contributed by atoms with Crippen molar-refractivity contribution in [2.75, 3.05) is 39.8 Å². The summed E-state index contributed by atoms with van der Waals surface area (Å²) in [5.74, 6) is -0.529. The zero-order chi connectivity index (χ0) is 19.3. The molecule has 1 aliphatic heterocycles. The molecule has 1 saturated heterocycles. The van der Waals surface area contributed by atoms with Gasteiger partial charge in [0, 0.05) is 38.1 Å². The highest BCUT2D eigenvalue weighted by Crippen LogP contribution is 2.41. The van der Waals surface area contributed by atoms with Crippen LogP contribution < -0.4 is 0 Å². The molecule has 2 aliphatic rings. The normalized spacial score (nSPS) is 24.6. The Bertz CT molecular complexity index is 603. The summed E-state index contributed by atoms with van der Waals surface area (Å²) in [7, 11) is 2.16. The summed E-state index contributed by atoms with van der Waals surface area (Å²) in [4.78, 5) is 17.7. The van der Waals surface area contributed by atoms with Crippen molar-refractivity contribution in [2.45, 2.75) is 50.7 Å². The molecule has 0 aromatic heterocycles. The Morgan fingerprint density at radius 3 is 2.59 bits per heavy atom. The Labute approximate surface area is 163 Å². The van der Waals surface area contributed by atoms with Gasteiger partial charge in [-0.05, 0) is 38.8 Å². The van der Waals surface area contributed by atoms with Crippen molar-refractivity contribution >= 4 is 5.97 Å². The van der Waals surface area contributed by atoms with Gasteiger partial charge in [0.05, 0.1) is 6.61 Å². The summed E-state index contributed by atoms with van der Waals surface area (Å²) in [6, 6.07) is 9.89. The number of benzene rings is 1. The first-order chi connectivity index (χ1) is 13.0. The molecule has 2 atom stereocenters. The fourth-order valence-corrected chi connectivity index (χ4v) is 4.45. The largest absolute Gasteiger partial charge is 0.463 e. The van der Waals surface area contributed by atoms with Crippen LogP contribution in [0.3, 0.4) is 0 Å². The number of piperazine rings is 1. The molecule has 3 rings (SSSR count). The summed E-state index contributed by atoms with van der Waals surface area (Å²) in [5.41, 5.74) is -0.852. The lowest BCUT2D eigenvalue weighted by Gasteiger charge is -2.37. The van der Waals surface area contributed by atoms with E-state index < -0.39 is 11.6 Å². The molecule has 0 spiro atoms. The first kappa shape index (κ1) is 20.3. The van der Waals surface area contributed by atoms with Crippen LogP contribution >= 0.6 is 0 Å². The molecule has 5 heteroatoms. The smallest absolute Gasteiger partial charge is 0.343 e. The zero-order valence-corrected chi connectivity index (χ0v) is 16.8. The van der Waals surface area contributed by atoms with E-state index in [2.05, 4.69) is 23.8 Å². The van der Waals surface area contributed by atoms with Crippen molar-refractivity contribution in [3.05, 3.63) is 35.9 Å². The molecule has 1 aromatic rings. The van der Waals surface area contributed by atoms with Crippen molar-refractivity contribution in [2.24, 2.45) is 5.92 Å². The highest BCUT2D eigenvalue weighted by atomic mass is 16.5. The van der Waals surface area contributed by atoms with Crippen LogP contribution in [0, 0.1) is 5.92 Å². The third-order valence-corrected chi connectivity index (χ3v) is 6.37. The number of hydrogen-bond acceptors (Lipinski definition) is 5. The lowest BCUT2D eigenvalue weighted by Crippen LogP contribution is -2.50. The Kier molecular flexibility index (Phi) is 6.90. The number of hydrogen-bond donors (Lipinski definition) is 1. The topological polar surface area (TPSA) is 53.0 Å². The minimum absolute atomic E-state index is 0.0501. The average molecular weight is 375 g/mol. The van der Waals surface area contributed by atoms with Crippen LogP contribution in [0.4, 0.5) is 0 Å². The Morgan fingerprint density at radius 1 is 1.22 bits per heavy atom. The van der Waals surface area contributed by atoms with Gasteiger partial charge >= 0.3 is 5.97 Å². The molecular formula is C22H34N2O3. The van der Waals surface area contributed by atoms with Crippen LogP contribution in [-0.4, -0.2) is 66.8 Å². The minimum atomic E-state index is -1.51. The molecular weight excluding hydrogens is 340 g/mol. The maximum Gasteiger partial charge on any atom is 0.343 e. The molecule has 2 fully saturated rings. The molecule has 0 radical (unpaired) electrons. The van der Waals surface area contributed by atoms with Gasteiger partial charge in [0.25, 0.3) is 0 Å². The fourth-order valence-electron chi connectivity index (χ4n) is 4.45. The van der Waals surface area contributed by atoms with E-state index in [0.29, 0.717) is 18.2 Å². The van der Waals surface area contributed by atoms with Crippen molar-refractivity contribution in [1.29, 1.82) is 0 Å². The van der Waals surface area contributed by atoms with E-state index >= 15 is 0 Å². The molecule has 150 valence electrons. The number of carbonyl (C=O) groups excluding carboxylic acids is 1. The maximum atomic E-state index is 12.9. The van der Waals surface area contributed by atoms with E-state index in [9.17, 15) is 9.90 Å². The van der Waals surface area contributed by atoms with E-state index in [1.807, 2.05) is 30.3 Å². The predicted octanol–water partition coefficient (Wildman–Crippen LogP) is 2.63. The Hall–Kier alpha value is -1.43. The molecule has 2 unspecified atom stereocenters. The first-order valence-corrected chi connectivity index (χ1v) is 10.4. The monoisotopic (exact) mass is 374 g/mol. The summed E-state index contributed by atoms with van der Waals surface area (Å²) >= 11 is 0. The summed E-state index contributed by atoms with van der Waals surface area (Å²) in [5, 5.41) is 11.4. The third-order valence-electron chi connectivity index (χ3n) is 6.37. The number of nitrogens with zero attached hydrogens (tertiary/aromatic N) is 2. The maximum absolute atomic E-state index is 12.9. The van der Waals surface area contributed by atoms with E-state index in [-0.39, 0.29) is 5.92 Å². The van der Waals surface area contributed by atoms with Crippen molar-refractivity contribution < 1.29 is 14.6 Å². The second-order valence-corrected chi connectivity index (χ2v) is 8.23. The van der Waals surface area contributed by atoms with Crippen molar-refractivity contribution in [1.82, 2.24) is 9.80 Å². The van der Waals surface area contributed by atoms with Crippen LogP contribution in [0.15, 0.2) is 30.3 Å². The molecule has 0 bridgehead atoms. The minimum Gasteiger partial charge on any atom is -0.463 e. The van der Waals surface area contributed by atoms with Gasteiger partial charge in [-0.25, -0.2) is 4.79 Å². The highest BCUT2D eigenvalue weighted by Gasteiger charge is 2.47. The number of aliphatic hydroxyl groups is 1. The molecule has 5 nitrogen and oxygen atoms in total. The van der Waals surface area contributed by atoms with Crippen LogP contribution in [0.1, 0.15) is 44.6 Å². The number of carbonyl (C=O) groups is 1. The number of esters is 1. The SMILES string of the molecule is CC1CN(CCCOC(=O)C(O)(c2ccccc2)C2CCCC2)CCN1C. The van der Waals surface area contributed by atoms with Gasteiger partial charge < -0.3 is 19.6 Å². The van der Waals surface area contributed by atoms with Gasteiger partial charge in [0.15, 0.2) is 5.60 Å². The van der Waals surface area contributed by atoms with Crippen LogP contribution in [0.25, 0.3) is 0 Å². The van der Waals surface area contributed by atoms with E-state index in [1.54, 1.807) is 0 Å². The van der Waals surface area contributed by atoms with E-state index in [1.165, 1.54) is 0 Å². The van der Waals surface area contributed by atoms with Crippen LogP contribution in [-0.2, 0) is 15.1 Å². The lowest BCUT2D eigenvalue weighted by atomic mass is 9.80. The Balaban J connectivity index is 1.54. The highest BCUT2D eigenvalue weighted by molar-refractivity contribution is 5.81. The number of rotatable bonds is 7. The van der Waals surface area contributed by atoms with E-state index in [4.69, 9.17) is 4.74 Å². The second-order valence-electron chi connectivity index (χ2n) is 8.23. The van der Waals surface area contributed by atoms with Gasteiger partial charge in [0.1, 0.15) is 0 Å². The van der Waals surface area contributed by atoms with Gasteiger partial charge in [-0.2, -0.15) is 0 Å². The average Bonchev–Trinajstić information content (AvgIpc) is 3.23. The van der Waals surface area contributed by atoms with Crippen LogP contribution in [0.5, 0.6) is 0 Å². The fraction of sp³-hybridized carbons (Fsp3) is 0.682. The van der Waals surface area contributed by atoms with Gasteiger partial charge in [-0.1, -0.05) is 43.2 Å². The molecule has 1 N–H and O–H groups in total. The summed E-state index contributed by atoms with van der Waals surface area (Å²) in [6.45, 7) is 6.73. The third kappa shape index (κ3) is 4.71. The van der Waals surface area contributed by atoms with Crippen molar-refractivity contribution in [3.8, 4) is 0 Å². The summed E-state index contributed by atoms with van der Waals surface area (Å²) < 4.78 is 5.59. The van der Waals surface area contributed by atoms with Gasteiger partial charge in [-0.15, -0.1) is 0 Å². The van der Waals surface area contributed by atoms with Crippen LogP contribution in [0.2, 0.25) is 0 Å². The van der Waals surface area contributed by atoms with E-state index in [0.717, 1.165) is 58.3 Å². The molecule has 1 heterocycles. The molecule has 0 amide bonds. The molecule has 1 saturated carbocycles. The van der Waals surface area contributed by atoms with Crippen molar-refractivity contribution in [3.63, 3.8) is 0 Å². The zero-order valence-electron chi connectivity index (χ0n) is 16.8. The standard InChI is InChI=1S/C22H34N2O3/c1-18-17-24(15-14-23(18)2)13-8-16-27-21(25)22(26,20-11-6-7-12-20)19-9-4-3-5-10-19/h3-5,9-10,18,20,26H,6-8,11-17H2,1-2H3. The lowest BCUT2D eigenvalue weighted by molar-refractivity contribution is -0.174. The Morgan fingerprint density at radius 2 is 1.93 bits per heavy atom. The number of likely N-dealkylation sites (N-methyl/N-ethyl adjacent to an activating group) is 1. The second kappa shape index (κ2) is 9.18. The summed E-state index contributed by atoms with van der Waals surface area (Å²) in [6.07, 6.45) is 4.68. The van der Waals surface area contributed by atoms with Gasteiger partial charge in [-0.3, -0.25) is 0 Å². The predicted molar refractivity (Wildman–Crippen MR) is 106 cm³/mol. The molecule has 1 aliphatic carbocycles. The number of ether oxygens (including phenoxy) is 1. The molecule has 1 aromatic carbocycles. The molecule has 27 heavy (non-hydrogen) atoms.